The van der Waals surface area contributed by atoms with Crippen LogP contribution in [0.25, 0.3) is 0 Å². The molecule has 1 N–H and O–H groups in total. The maximum absolute atomic E-state index is 13.5. The van der Waals surface area contributed by atoms with Crippen molar-refractivity contribution in [2.75, 3.05) is 27.3 Å². The Balaban J connectivity index is 1.62. The molecule has 2 aliphatic rings. The number of carbonyl (C=O) groups excluding carboxylic acids is 1. The Morgan fingerprint density at radius 3 is 2.68 bits per heavy atom. The van der Waals surface area contributed by atoms with Crippen molar-refractivity contribution in [1.29, 1.82) is 0 Å². The van der Waals surface area contributed by atoms with E-state index in [-0.39, 0.29) is 17.1 Å². The molecule has 192 valence electrons. The van der Waals surface area contributed by atoms with Crippen LogP contribution in [0.15, 0.2) is 23.1 Å². The van der Waals surface area contributed by atoms with Crippen LogP contribution in [0.2, 0.25) is 0 Å². The van der Waals surface area contributed by atoms with Crippen molar-refractivity contribution in [1.82, 2.24) is 9.62 Å². The summed E-state index contributed by atoms with van der Waals surface area (Å²) in [6, 6.07) is 4.70. The largest absolute Gasteiger partial charge is 0.489 e. The lowest BCUT2D eigenvalue weighted by molar-refractivity contribution is -0.144. The SMILES string of the molecule is COC(=O)[C@@H]1CCCN1S(=O)(=O)c1ccc(C)cc1O[C@H](C)CCCN[C@@H]1CCCC[C@@H]1OC. The highest BCUT2D eigenvalue weighted by molar-refractivity contribution is 7.89. The molecule has 0 aromatic heterocycles. The van der Waals surface area contributed by atoms with Gasteiger partial charge in [-0.2, -0.15) is 4.31 Å². The van der Waals surface area contributed by atoms with Gasteiger partial charge in [0.15, 0.2) is 0 Å². The van der Waals surface area contributed by atoms with Gasteiger partial charge in [-0.25, -0.2) is 8.42 Å². The first-order valence-corrected chi connectivity index (χ1v) is 13.8. The van der Waals surface area contributed by atoms with E-state index in [9.17, 15) is 13.2 Å². The summed E-state index contributed by atoms with van der Waals surface area (Å²) in [6.45, 7) is 5.03. The van der Waals surface area contributed by atoms with Gasteiger partial charge in [-0.1, -0.05) is 18.9 Å². The predicted molar refractivity (Wildman–Crippen MR) is 130 cm³/mol. The van der Waals surface area contributed by atoms with Gasteiger partial charge in [-0.05, 0) is 76.6 Å². The van der Waals surface area contributed by atoms with Gasteiger partial charge < -0.3 is 19.5 Å². The molecule has 3 rings (SSSR count). The van der Waals surface area contributed by atoms with E-state index in [1.165, 1.54) is 24.3 Å². The summed E-state index contributed by atoms with van der Waals surface area (Å²) in [5.74, 6) is -0.187. The fourth-order valence-electron chi connectivity index (χ4n) is 5.01. The number of nitrogens with zero attached hydrogens (tertiary/aromatic N) is 1. The lowest BCUT2D eigenvalue weighted by Gasteiger charge is -2.31. The molecule has 1 aromatic rings. The number of esters is 1. The first-order chi connectivity index (χ1) is 16.3. The Bertz CT molecular complexity index is 922. The molecule has 0 unspecified atom stereocenters. The van der Waals surface area contributed by atoms with E-state index < -0.39 is 22.0 Å². The molecule has 4 atom stereocenters. The molecule has 34 heavy (non-hydrogen) atoms. The lowest BCUT2D eigenvalue weighted by atomic mass is 9.92. The van der Waals surface area contributed by atoms with Gasteiger partial charge in [0.25, 0.3) is 0 Å². The maximum atomic E-state index is 13.5. The zero-order valence-electron chi connectivity index (χ0n) is 20.9. The quantitative estimate of drug-likeness (QED) is 0.371. The van der Waals surface area contributed by atoms with Gasteiger partial charge in [0.2, 0.25) is 10.0 Å². The van der Waals surface area contributed by atoms with Gasteiger partial charge in [0.05, 0.1) is 19.3 Å². The Morgan fingerprint density at radius 2 is 1.94 bits per heavy atom. The molecular weight excluding hydrogens is 456 g/mol. The second kappa shape index (κ2) is 12.3. The van der Waals surface area contributed by atoms with Crippen LogP contribution in [0.4, 0.5) is 0 Å². The van der Waals surface area contributed by atoms with Crippen molar-refractivity contribution in [3.63, 3.8) is 0 Å². The zero-order valence-corrected chi connectivity index (χ0v) is 21.7. The molecule has 0 radical (unpaired) electrons. The summed E-state index contributed by atoms with van der Waals surface area (Å²) in [4.78, 5) is 12.2. The Morgan fingerprint density at radius 1 is 1.18 bits per heavy atom. The Hall–Kier alpha value is -1.68. The smallest absolute Gasteiger partial charge is 0.324 e. The number of methoxy groups -OCH3 is 2. The molecule has 0 spiro atoms. The standard InChI is InChI=1S/C25H40N2O6S/c1-18-13-14-24(34(29,30)27-16-8-11-21(27)25(28)32-4)23(17-18)33-19(2)9-7-15-26-20-10-5-6-12-22(20)31-3/h13-14,17,19-22,26H,5-12,15-16H2,1-4H3/t19-,20-,21+,22+/m1/s1. The van der Waals surface area contributed by atoms with Crippen LogP contribution in [0.3, 0.4) is 0 Å². The van der Waals surface area contributed by atoms with Crippen LogP contribution in [-0.2, 0) is 24.3 Å². The third-order valence-corrected chi connectivity index (χ3v) is 8.84. The second-order valence-corrected chi connectivity index (χ2v) is 11.3. The van der Waals surface area contributed by atoms with Crippen molar-refractivity contribution in [2.24, 2.45) is 0 Å². The molecule has 8 nitrogen and oxygen atoms in total. The number of rotatable bonds is 11. The summed E-state index contributed by atoms with van der Waals surface area (Å²) >= 11 is 0. The van der Waals surface area contributed by atoms with Crippen LogP contribution in [0, 0.1) is 6.92 Å². The first-order valence-electron chi connectivity index (χ1n) is 12.4. The molecule has 0 bridgehead atoms. The third kappa shape index (κ3) is 6.50. The molecule has 1 heterocycles. The number of sulfonamides is 1. The van der Waals surface area contributed by atoms with Crippen molar-refractivity contribution in [2.45, 2.75) is 94.4 Å². The van der Waals surface area contributed by atoms with Crippen molar-refractivity contribution < 1.29 is 27.4 Å². The number of hydrogen-bond donors (Lipinski definition) is 1. The van der Waals surface area contributed by atoms with E-state index in [0.717, 1.165) is 37.8 Å². The van der Waals surface area contributed by atoms with E-state index in [4.69, 9.17) is 14.2 Å². The molecule has 2 fully saturated rings. The monoisotopic (exact) mass is 496 g/mol. The summed E-state index contributed by atoms with van der Waals surface area (Å²) in [5, 5.41) is 3.62. The third-order valence-electron chi connectivity index (χ3n) is 6.89. The second-order valence-electron chi connectivity index (χ2n) is 9.44. The van der Waals surface area contributed by atoms with E-state index in [0.29, 0.717) is 31.2 Å². The fraction of sp³-hybridized carbons (Fsp3) is 0.720. The number of carbonyl (C=O) groups is 1. The predicted octanol–water partition coefficient (Wildman–Crippen LogP) is 3.42. The van der Waals surface area contributed by atoms with Crippen LogP contribution >= 0.6 is 0 Å². The van der Waals surface area contributed by atoms with Gasteiger partial charge in [-0.15, -0.1) is 0 Å². The molecule has 0 amide bonds. The normalized spacial score (nSPS) is 24.6. The summed E-state index contributed by atoms with van der Waals surface area (Å²) in [7, 11) is -0.838. The lowest BCUT2D eigenvalue weighted by Crippen LogP contribution is -2.43. The fourth-order valence-corrected chi connectivity index (χ4v) is 6.76. The van der Waals surface area contributed by atoms with Crippen molar-refractivity contribution in [3.05, 3.63) is 23.8 Å². The molecule has 9 heteroatoms. The highest BCUT2D eigenvalue weighted by atomic mass is 32.2. The number of aryl methyl sites for hydroxylation is 1. The van der Waals surface area contributed by atoms with Gasteiger partial charge in [0.1, 0.15) is 16.7 Å². The molecule has 1 saturated heterocycles. The van der Waals surface area contributed by atoms with Crippen molar-refractivity contribution in [3.8, 4) is 5.75 Å². The number of ether oxygens (including phenoxy) is 3. The summed E-state index contributed by atoms with van der Waals surface area (Å²) in [5.41, 5.74) is 0.914. The van der Waals surface area contributed by atoms with Gasteiger partial charge >= 0.3 is 5.97 Å². The van der Waals surface area contributed by atoms with Gasteiger partial charge in [-0.3, -0.25) is 4.79 Å². The first kappa shape index (κ1) is 26.9. The number of hydrogen-bond acceptors (Lipinski definition) is 7. The minimum Gasteiger partial charge on any atom is -0.489 e. The average molecular weight is 497 g/mol. The topological polar surface area (TPSA) is 94.2 Å². The van der Waals surface area contributed by atoms with Crippen molar-refractivity contribution >= 4 is 16.0 Å². The van der Waals surface area contributed by atoms with Crippen LogP contribution < -0.4 is 10.1 Å². The zero-order chi connectivity index (χ0) is 24.7. The molecule has 1 aliphatic heterocycles. The highest BCUT2D eigenvalue weighted by Crippen LogP contribution is 2.33. The average Bonchev–Trinajstić information content (AvgIpc) is 3.32. The van der Waals surface area contributed by atoms with E-state index in [1.54, 1.807) is 25.3 Å². The van der Waals surface area contributed by atoms with Crippen LogP contribution in [0.5, 0.6) is 5.75 Å². The molecule has 1 saturated carbocycles. The summed E-state index contributed by atoms with van der Waals surface area (Å²) in [6.07, 6.45) is 7.61. The molecule has 1 aliphatic carbocycles. The van der Waals surface area contributed by atoms with E-state index >= 15 is 0 Å². The minimum absolute atomic E-state index is 0.101. The highest BCUT2D eigenvalue weighted by Gasteiger charge is 2.41. The molecular formula is C25H40N2O6S. The number of benzene rings is 1. The van der Waals surface area contributed by atoms with Crippen LogP contribution in [-0.4, -0.2) is 70.3 Å². The Labute approximate surface area is 204 Å². The van der Waals surface area contributed by atoms with E-state index in [2.05, 4.69) is 5.32 Å². The summed E-state index contributed by atoms with van der Waals surface area (Å²) < 4.78 is 44.8. The van der Waals surface area contributed by atoms with Gasteiger partial charge in [0, 0.05) is 19.7 Å². The maximum Gasteiger partial charge on any atom is 0.324 e. The minimum atomic E-state index is -3.90. The van der Waals surface area contributed by atoms with Crippen LogP contribution in [0.1, 0.15) is 63.9 Å². The number of nitrogens with one attached hydrogen (secondary N) is 1. The van der Waals surface area contributed by atoms with E-state index in [1.807, 2.05) is 13.8 Å². The molecule has 1 aromatic carbocycles. The Kier molecular flexibility index (Phi) is 9.76.